The number of hydrogen-bond donors (Lipinski definition) is 0. The number of benzene rings is 3. The third kappa shape index (κ3) is 5.44. The number of carbonyl (C=O) groups excluding carboxylic acids is 1. The number of sulfone groups is 1. The minimum absolute atomic E-state index is 0.111. The first kappa shape index (κ1) is 25.1. The fraction of sp³-hybridized carbons (Fsp3) is 0.345. The number of nitrogens with zero attached hydrogens (tertiary/aromatic N) is 1. The number of piperidine rings is 1. The molecule has 1 amide bonds. The Morgan fingerprint density at radius 3 is 2.51 bits per heavy atom. The van der Waals surface area contributed by atoms with Crippen molar-refractivity contribution in [2.75, 3.05) is 13.1 Å². The van der Waals surface area contributed by atoms with E-state index >= 15 is 0 Å². The summed E-state index contributed by atoms with van der Waals surface area (Å²) in [5.41, 5.74) is 1.41. The van der Waals surface area contributed by atoms with Gasteiger partial charge in [-0.2, -0.15) is 0 Å². The molecule has 37 heavy (non-hydrogen) atoms. The minimum Gasteiger partial charge on any atom is -0.489 e. The van der Waals surface area contributed by atoms with Crippen LogP contribution in [0.4, 0.5) is 4.79 Å². The van der Waals surface area contributed by atoms with Crippen LogP contribution in [0.15, 0.2) is 82.6 Å². The number of likely N-dealkylation sites (tertiary alicyclic amines) is 1. The Labute approximate surface area is 217 Å². The summed E-state index contributed by atoms with van der Waals surface area (Å²) in [6.07, 6.45) is 0.135. The second kappa shape index (κ2) is 9.74. The number of hydrogen-bond acceptors (Lipinski definition) is 6. The fourth-order valence-corrected chi connectivity index (χ4v) is 6.06. The molecular weight excluding hydrogens is 490 g/mol. The first-order valence-electron chi connectivity index (χ1n) is 12.4. The molecule has 7 nitrogen and oxygen atoms in total. The van der Waals surface area contributed by atoms with E-state index in [-0.39, 0.29) is 27.9 Å². The van der Waals surface area contributed by atoms with Gasteiger partial charge in [0.25, 0.3) is 0 Å². The molecule has 0 N–H and O–H groups in total. The average molecular weight is 522 g/mol. The first-order chi connectivity index (χ1) is 17.6. The monoisotopic (exact) mass is 521 g/mol. The maximum Gasteiger partial charge on any atom is 0.410 e. The molecule has 2 aliphatic heterocycles. The lowest BCUT2D eigenvalue weighted by Gasteiger charge is -2.35. The van der Waals surface area contributed by atoms with E-state index < -0.39 is 15.4 Å². The highest BCUT2D eigenvalue weighted by Gasteiger charge is 2.41. The molecule has 2 aliphatic rings. The van der Waals surface area contributed by atoms with E-state index in [2.05, 4.69) is 0 Å². The lowest BCUT2D eigenvalue weighted by molar-refractivity contribution is 0.00788. The third-order valence-corrected chi connectivity index (χ3v) is 8.30. The summed E-state index contributed by atoms with van der Waals surface area (Å²) >= 11 is 0. The zero-order valence-corrected chi connectivity index (χ0v) is 22.0. The smallest absolute Gasteiger partial charge is 0.410 e. The molecular formula is C29H31NO6S. The molecule has 194 valence electrons. The summed E-state index contributed by atoms with van der Waals surface area (Å²) in [6.45, 7) is 6.83. The van der Waals surface area contributed by atoms with E-state index in [0.717, 1.165) is 17.5 Å². The van der Waals surface area contributed by atoms with Crippen LogP contribution in [-0.2, 0) is 21.2 Å². The molecule has 5 rings (SSSR count). The van der Waals surface area contributed by atoms with Gasteiger partial charge in [0.05, 0.1) is 16.3 Å². The summed E-state index contributed by atoms with van der Waals surface area (Å²) in [4.78, 5) is 14.5. The van der Waals surface area contributed by atoms with E-state index in [9.17, 15) is 13.2 Å². The van der Waals surface area contributed by atoms with Gasteiger partial charge in [0.15, 0.2) is 0 Å². The van der Waals surface area contributed by atoms with Gasteiger partial charge in [-0.3, -0.25) is 0 Å². The molecule has 0 saturated carbocycles. The van der Waals surface area contributed by atoms with Gasteiger partial charge in [-0.15, -0.1) is 0 Å². The largest absolute Gasteiger partial charge is 0.489 e. The third-order valence-electron chi connectivity index (χ3n) is 6.55. The fourth-order valence-electron chi connectivity index (χ4n) is 4.75. The van der Waals surface area contributed by atoms with Gasteiger partial charge in [-0.05, 0) is 63.1 Å². The van der Waals surface area contributed by atoms with Crippen molar-refractivity contribution in [3.8, 4) is 11.5 Å². The molecule has 0 aliphatic carbocycles. The standard InChI is InChI=1S/C29H31NO6S/c1-29(2,3)36-28(31)30-15-14-25-24-13-12-23(17-26(24)35-27(25)18-30)37(32,33)22-11-7-10-21(16-22)34-19-20-8-5-4-6-9-20/h4-13,16-17,25,27H,14-15,18-19H2,1-3H3. The predicted octanol–water partition coefficient (Wildman–Crippen LogP) is 5.58. The Morgan fingerprint density at radius 1 is 1.00 bits per heavy atom. The summed E-state index contributed by atoms with van der Waals surface area (Å²) in [5, 5.41) is 0. The lowest BCUT2D eigenvalue weighted by atomic mass is 9.89. The van der Waals surface area contributed by atoms with Crippen molar-refractivity contribution in [3.05, 3.63) is 83.9 Å². The molecule has 0 spiro atoms. The van der Waals surface area contributed by atoms with Crippen molar-refractivity contribution >= 4 is 15.9 Å². The highest BCUT2D eigenvalue weighted by Crippen LogP contribution is 2.44. The predicted molar refractivity (Wildman–Crippen MR) is 139 cm³/mol. The van der Waals surface area contributed by atoms with Crippen LogP contribution >= 0.6 is 0 Å². The number of fused-ring (bicyclic) bond motifs is 3. The Kier molecular flexibility index (Phi) is 6.62. The van der Waals surface area contributed by atoms with Crippen LogP contribution < -0.4 is 9.47 Å². The maximum absolute atomic E-state index is 13.5. The number of amides is 1. The van der Waals surface area contributed by atoms with Crippen LogP contribution in [-0.4, -0.2) is 44.2 Å². The molecule has 3 aromatic rings. The first-order valence-corrected chi connectivity index (χ1v) is 13.9. The molecule has 0 radical (unpaired) electrons. The van der Waals surface area contributed by atoms with E-state index in [1.54, 1.807) is 41.3 Å². The SMILES string of the molecule is CC(C)(C)OC(=O)N1CCC2c3ccc(S(=O)(=O)c4cccc(OCc5ccccc5)c4)cc3OC2C1. The average Bonchev–Trinajstić information content (AvgIpc) is 3.24. The molecule has 2 atom stereocenters. The molecule has 1 saturated heterocycles. The zero-order valence-electron chi connectivity index (χ0n) is 21.2. The molecule has 8 heteroatoms. The van der Waals surface area contributed by atoms with E-state index in [1.165, 1.54) is 0 Å². The Bertz CT molecular complexity index is 1400. The molecule has 3 aromatic carbocycles. The van der Waals surface area contributed by atoms with E-state index in [0.29, 0.717) is 31.2 Å². The molecule has 2 unspecified atom stereocenters. The van der Waals surface area contributed by atoms with Gasteiger partial charge in [0.1, 0.15) is 29.8 Å². The molecule has 0 bridgehead atoms. The van der Waals surface area contributed by atoms with E-state index in [1.807, 2.05) is 57.2 Å². The molecule has 2 heterocycles. The van der Waals surface area contributed by atoms with Crippen molar-refractivity contribution < 1.29 is 27.4 Å². The Morgan fingerprint density at radius 2 is 1.76 bits per heavy atom. The van der Waals surface area contributed by atoms with Crippen LogP contribution in [0.1, 0.15) is 44.2 Å². The van der Waals surface area contributed by atoms with Gasteiger partial charge in [0, 0.05) is 18.0 Å². The van der Waals surface area contributed by atoms with Crippen LogP contribution in [0.25, 0.3) is 0 Å². The summed E-state index contributed by atoms with van der Waals surface area (Å²) in [5.74, 6) is 1.15. The van der Waals surface area contributed by atoms with Crippen molar-refractivity contribution in [1.82, 2.24) is 4.90 Å². The summed E-state index contributed by atoms with van der Waals surface area (Å²) in [7, 11) is -3.79. The Hall–Kier alpha value is -3.52. The second-order valence-electron chi connectivity index (χ2n) is 10.4. The van der Waals surface area contributed by atoms with Gasteiger partial charge in [0.2, 0.25) is 9.84 Å². The zero-order chi connectivity index (χ0) is 26.2. The van der Waals surface area contributed by atoms with Crippen LogP contribution in [0.5, 0.6) is 11.5 Å². The quantitative estimate of drug-likeness (QED) is 0.436. The summed E-state index contributed by atoms with van der Waals surface area (Å²) in [6, 6.07) is 21.3. The van der Waals surface area contributed by atoms with E-state index in [4.69, 9.17) is 14.2 Å². The van der Waals surface area contributed by atoms with Crippen molar-refractivity contribution in [3.63, 3.8) is 0 Å². The topological polar surface area (TPSA) is 82.1 Å². The summed E-state index contributed by atoms with van der Waals surface area (Å²) < 4.78 is 44.4. The van der Waals surface area contributed by atoms with Crippen LogP contribution in [0, 0.1) is 0 Å². The molecule has 1 fully saturated rings. The van der Waals surface area contributed by atoms with Crippen molar-refractivity contribution in [1.29, 1.82) is 0 Å². The Balaban J connectivity index is 1.31. The van der Waals surface area contributed by atoms with Crippen LogP contribution in [0.2, 0.25) is 0 Å². The minimum atomic E-state index is -3.79. The number of rotatable bonds is 5. The highest BCUT2D eigenvalue weighted by molar-refractivity contribution is 7.91. The van der Waals surface area contributed by atoms with Gasteiger partial charge >= 0.3 is 6.09 Å². The van der Waals surface area contributed by atoms with Gasteiger partial charge < -0.3 is 19.1 Å². The lowest BCUT2D eigenvalue weighted by Crippen LogP contribution is -2.47. The number of ether oxygens (including phenoxy) is 3. The van der Waals surface area contributed by atoms with Crippen molar-refractivity contribution in [2.24, 2.45) is 0 Å². The van der Waals surface area contributed by atoms with Gasteiger partial charge in [-0.1, -0.05) is 42.5 Å². The second-order valence-corrected chi connectivity index (χ2v) is 12.4. The number of carbonyl (C=O) groups is 1. The van der Waals surface area contributed by atoms with Gasteiger partial charge in [-0.25, -0.2) is 13.2 Å². The normalized spacial score (nSPS) is 18.9. The molecule has 0 aromatic heterocycles. The maximum atomic E-state index is 13.5. The van der Waals surface area contributed by atoms with Crippen LogP contribution in [0.3, 0.4) is 0 Å². The highest BCUT2D eigenvalue weighted by atomic mass is 32.2. The van der Waals surface area contributed by atoms with Crippen molar-refractivity contribution in [2.45, 2.75) is 61.2 Å².